The van der Waals surface area contributed by atoms with E-state index in [1.807, 2.05) is 18.2 Å². The highest BCUT2D eigenvalue weighted by Crippen LogP contribution is 2.30. The highest BCUT2D eigenvalue weighted by atomic mass is 16.5. The van der Waals surface area contributed by atoms with E-state index in [1.54, 1.807) is 7.11 Å². The van der Waals surface area contributed by atoms with Crippen molar-refractivity contribution in [3.8, 4) is 11.5 Å². The second kappa shape index (κ2) is 9.94. The van der Waals surface area contributed by atoms with E-state index in [9.17, 15) is 0 Å². The van der Waals surface area contributed by atoms with Crippen LogP contribution in [0.15, 0.2) is 23.2 Å². The number of hydrogen-bond acceptors (Lipinski definition) is 4. The molecular formula is C17H27N3O3. The van der Waals surface area contributed by atoms with Gasteiger partial charge in [0.05, 0.1) is 19.8 Å². The lowest BCUT2D eigenvalue weighted by molar-refractivity contribution is 0.195. The van der Waals surface area contributed by atoms with Gasteiger partial charge in [-0.2, -0.15) is 0 Å². The Bertz CT molecular complexity index is 506. The van der Waals surface area contributed by atoms with Gasteiger partial charge in [-0.15, -0.1) is 0 Å². The fraction of sp³-hybridized carbons (Fsp3) is 0.588. The predicted molar refractivity (Wildman–Crippen MR) is 91.4 cm³/mol. The van der Waals surface area contributed by atoms with Crippen LogP contribution >= 0.6 is 0 Å². The van der Waals surface area contributed by atoms with Gasteiger partial charge in [0, 0.05) is 33.2 Å². The molecule has 0 aliphatic carbocycles. The lowest BCUT2D eigenvalue weighted by Gasteiger charge is -2.12. The van der Waals surface area contributed by atoms with Crippen molar-refractivity contribution in [3.05, 3.63) is 23.8 Å². The monoisotopic (exact) mass is 321 g/mol. The maximum atomic E-state index is 5.72. The Hall–Kier alpha value is -1.95. The first kappa shape index (κ1) is 17.4. The Kier molecular flexibility index (Phi) is 7.52. The molecule has 23 heavy (non-hydrogen) atoms. The van der Waals surface area contributed by atoms with Crippen LogP contribution in [0.2, 0.25) is 0 Å². The average molecular weight is 321 g/mol. The predicted octanol–water partition coefficient (Wildman–Crippen LogP) is 1.94. The van der Waals surface area contributed by atoms with Crippen LogP contribution in [0.1, 0.15) is 25.3 Å². The van der Waals surface area contributed by atoms with Crippen LogP contribution in [-0.2, 0) is 11.3 Å². The lowest BCUT2D eigenvalue weighted by Crippen LogP contribution is -2.38. The van der Waals surface area contributed by atoms with Crippen LogP contribution in [0.4, 0.5) is 0 Å². The molecule has 0 fully saturated rings. The van der Waals surface area contributed by atoms with E-state index < -0.39 is 0 Å². The Morgan fingerprint density at radius 2 is 2.04 bits per heavy atom. The minimum atomic E-state index is 0.594. The second-order valence-corrected chi connectivity index (χ2v) is 5.30. The molecular weight excluding hydrogens is 294 g/mol. The summed E-state index contributed by atoms with van der Waals surface area (Å²) < 4.78 is 16.4. The topological polar surface area (TPSA) is 64.1 Å². The van der Waals surface area contributed by atoms with Gasteiger partial charge in [0.15, 0.2) is 17.5 Å². The van der Waals surface area contributed by atoms with Crippen molar-refractivity contribution >= 4 is 5.96 Å². The number of nitrogens with one attached hydrogen (secondary N) is 2. The number of benzene rings is 1. The highest BCUT2D eigenvalue weighted by molar-refractivity contribution is 5.79. The maximum Gasteiger partial charge on any atom is 0.191 e. The molecule has 2 N–H and O–H groups in total. The van der Waals surface area contributed by atoms with E-state index in [-0.39, 0.29) is 0 Å². The zero-order valence-electron chi connectivity index (χ0n) is 14.1. The van der Waals surface area contributed by atoms with E-state index in [2.05, 4.69) is 22.5 Å². The molecule has 128 valence electrons. The molecule has 0 spiro atoms. The summed E-state index contributed by atoms with van der Waals surface area (Å²) >= 11 is 0. The lowest BCUT2D eigenvalue weighted by atomic mass is 10.2. The molecule has 0 aromatic heterocycles. The number of guanidine groups is 1. The zero-order valence-corrected chi connectivity index (χ0v) is 14.1. The normalized spacial score (nSPS) is 14.3. The van der Waals surface area contributed by atoms with Gasteiger partial charge in [0.2, 0.25) is 0 Å². The number of aliphatic imine (C=N–C) groups is 1. The summed E-state index contributed by atoms with van der Waals surface area (Å²) in [5.41, 5.74) is 1.10. The van der Waals surface area contributed by atoms with Crippen LogP contribution in [0.3, 0.4) is 0 Å². The number of methoxy groups -OCH3 is 1. The van der Waals surface area contributed by atoms with Gasteiger partial charge in [-0.25, -0.2) is 4.99 Å². The van der Waals surface area contributed by atoms with E-state index in [4.69, 9.17) is 14.2 Å². The average Bonchev–Trinajstić information content (AvgIpc) is 2.81. The Labute approximate surface area is 138 Å². The fourth-order valence-electron chi connectivity index (χ4n) is 2.24. The van der Waals surface area contributed by atoms with Crippen molar-refractivity contribution in [2.24, 2.45) is 4.99 Å². The van der Waals surface area contributed by atoms with Crippen LogP contribution in [-0.4, -0.2) is 46.0 Å². The van der Waals surface area contributed by atoms with E-state index >= 15 is 0 Å². The molecule has 6 heteroatoms. The summed E-state index contributed by atoms with van der Waals surface area (Å²) in [5, 5.41) is 6.55. The van der Waals surface area contributed by atoms with E-state index in [0.717, 1.165) is 55.6 Å². The summed E-state index contributed by atoms with van der Waals surface area (Å²) in [7, 11) is 1.71. The molecule has 0 amide bonds. The molecule has 0 saturated carbocycles. The van der Waals surface area contributed by atoms with Crippen LogP contribution in [0.5, 0.6) is 11.5 Å². The zero-order chi connectivity index (χ0) is 16.3. The molecule has 0 bridgehead atoms. The third kappa shape index (κ3) is 5.98. The third-order valence-corrected chi connectivity index (χ3v) is 3.39. The van der Waals surface area contributed by atoms with Gasteiger partial charge in [0.25, 0.3) is 0 Å². The van der Waals surface area contributed by atoms with Crippen molar-refractivity contribution in [2.75, 3.05) is 40.0 Å². The largest absolute Gasteiger partial charge is 0.490 e. The summed E-state index contributed by atoms with van der Waals surface area (Å²) in [6.45, 7) is 6.46. The molecule has 6 nitrogen and oxygen atoms in total. The Morgan fingerprint density at radius 3 is 2.83 bits per heavy atom. The van der Waals surface area contributed by atoms with E-state index in [0.29, 0.717) is 19.8 Å². The molecule has 0 unspecified atom stereocenters. The van der Waals surface area contributed by atoms with Gasteiger partial charge < -0.3 is 24.8 Å². The number of ether oxygens (including phenoxy) is 3. The van der Waals surface area contributed by atoms with Crippen molar-refractivity contribution in [1.29, 1.82) is 0 Å². The van der Waals surface area contributed by atoms with Gasteiger partial charge in [-0.3, -0.25) is 0 Å². The standard InChI is InChI=1S/C17H27N3O3/c1-3-18-17(19-8-4-9-21-2)20-13-14-6-7-15-16(12-14)23-11-5-10-22-15/h6-7,12H,3-5,8-11,13H2,1-2H3,(H2,18,19,20). The molecule has 0 radical (unpaired) electrons. The first-order chi connectivity index (χ1) is 11.3. The van der Waals surface area contributed by atoms with Gasteiger partial charge in [-0.1, -0.05) is 6.07 Å². The molecule has 1 aromatic carbocycles. The summed E-state index contributed by atoms with van der Waals surface area (Å²) in [5.74, 6) is 2.45. The molecule has 0 atom stereocenters. The van der Waals surface area contributed by atoms with Crippen LogP contribution in [0, 0.1) is 0 Å². The summed E-state index contributed by atoms with van der Waals surface area (Å²) in [4.78, 5) is 4.61. The maximum absolute atomic E-state index is 5.72. The third-order valence-electron chi connectivity index (χ3n) is 3.39. The highest BCUT2D eigenvalue weighted by Gasteiger charge is 2.10. The summed E-state index contributed by atoms with van der Waals surface area (Å²) in [6, 6.07) is 6.01. The van der Waals surface area contributed by atoms with Crippen molar-refractivity contribution < 1.29 is 14.2 Å². The smallest absolute Gasteiger partial charge is 0.191 e. The Balaban J connectivity index is 1.93. The van der Waals surface area contributed by atoms with Crippen molar-refractivity contribution in [2.45, 2.75) is 26.3 Å². The minimum absolute atomic E-state index is 0.594. The molecule has 1 aliphatic rings. The molecule has 1 aromatic rings. The minimum Gasteiger partial charge on any atom is -0.490 e. The molecule has 1 aliphatic heterocycles. The second-order valence-electron chi connectivity index (χ2n) is 5.30. The van der Waals surface area contributed by atoms with Gasteiger partial charge in [0.1, 0.15) is 0 Å². The van der Waals surface area contributed by atoms with Crippen LogP contribution in [0.25, 0.3) is 0 Å². The van der Waals surface area contributed by atoms with Crippen LogP contribution < -0.4 is 20.1 Å². The number of hydrogen-bond donors (Lipinski definition) is 2. The quantitative estimate of drug-likeness (QED) is 0.456. The SMILES string of the molecule is CCNC(=NCc1ccc2c(c1)OCCCO2)NCCCOC. The van der Waals surface area contributed by atoms with Gasteiger partial charge in [-0.05, 0) is 31.0 Å². The number of nitrogens with zero attached hydrogens (tertiary/aromatic N) is 1. The fourth-order valence-corrected chi connectivity index (χ4v) is 2.24. The summed E-state index contributed by atoms with van der Waals surface area (Å²) in [6.07, 6.45) is 1.86. The van der Waals surface area contributed by atoms with Gasteiger partial charge >= 0.3 is 0 Å². The molecule has 0 saturated heterocycles. The van der Waals surface area contributed by atoms with E-state index in [1.165, 1.54) is 0 Å². The molecule has 1 heterocycles. The first-order valence-electron chi connectivity index (χ1n) is 8.23. The number of fused-ring (bicyclic) bond motifs is 1. The first-order valence-corrected chi connectivity index (χ1v) is 8.23. The van der Waals surface area contributed by atoms with Crippen molar-refractivity contribution in [1.82, 2.24) is 10.6 Å². The molecule has 2 rings (SSSR count). The van der Waals surface area contributed by atoms with Crippen molar-refractivity contribution in [3.63, 3.8) is 0 Å². The number of rotatable bonds is 7. The Morgan fingerprint density at radius 1 is 1.22 bits per heavy atom.